The highest BCUT2D eigenvalue weighted by Gasteiger charge is 2.13. The Bertz CT molecular complexity index is 450. The smallest absolute Gasteiger partial charge is 0.164 e. The number of aryl methyl sites for hydroxylation is 1. The number of hydrogen-bond acceptors (Lipinski definition) is 3. The Kier molecular flexibility index (Phi) is 5.60. The number of rotatable bonds is 6. The van der Waals surface area contributed by atoms with Gasteiger partial charge in [0.05, 0.1) is 6.61 Å². The summed E-state index contributed by atoms with van der Waals surface area (Å²) in [5.74, 6) is 1.11. The summed E-state index contributed by atoms with van der Waals surface area (Å²) < 4.78 is 5.51. The minimum atomic E-state index is 0.238. The fourth-order valence-corrected chi connectivity index (χ4v) is 2.73. The largest absolute Gasteiger partial charge is 0.494 e. The van der Waals surface area contributed by atoms with Gasteiger partial charge in [0.2, 0.25) is 0 Å². The molecule has 0 atom stereocenters. The van der Waals surface area contributed by atoms with E-state index in [9.17, 15) is 4.79 Å². The first-order valence-electron chi connectivity index (χ1n) is 7.69. The van der Waals surface area contributed by atoms with Crippen LogP contribution in [-0.4, -0.2) is 36.9 Å². The number of carbonyl (C=O) groups is 1. The molecule has 0 radical (unpaired) electrons. The second kappa shape index (κ2) is 7.44. The maximum absolute atomic E-state index is 12.2. The number of ketones is 1. The quantitative estimate of drug-likeness (QED) is 0.745. The lowest BCUT2D eigenvalue weighted by Gasteiger charge is -2.25. The third-order valence-electron chi connectivity index (χ3n) is 3.90. The lowest BCUT2D eigenvalue weighted by atomic mass is 10.0. The number of likely N-dealkylation sites (tertiary alicyclic amines) is 1. The van der Waals surface area contributed by atoms with Gasteiger partial charge in [0.15, 0.2) is 5.78 Å². The summed E-state index contributed by atoms with van der Waals surface area (Å²) in [4.78, 5) is 14.6. The van der Waals surface area contributed by atoms with Gasteiger partial charge in [-0.15, -0.1) is 0 Å². The van der Waals surface area contributed by atoms with Gasteiger partial charge in [-0.05, 0) is 63.5 Å². The molecule has 110 valence electrons. The van der Waals surface area contributed by atoms with Crippen molar-refractivity contribution in [3.8, 4) is 5.75 Å². The lowest BCUT2D eigenvalue weighted by molar-refractivity contribution is 0.0958. The lowest BCUT2D eigenvalue weighted by Crippen LogP contribution is -2.31. The third kappa shape index (κ3) is 4.07. The Morgan fingerprint density at radius 2 is 2.00 bits per heavy atom. The van der Waals surface area contributed by atoms with E-state index < -0.39 is 0 Å². The van der Waals surface area contributed by atoms with E-state index in [1.165, 1.54) is 19.3 Å². The summed E-state index contributed by atoms with van der Waals surface area (Å²) in [7, 11) is 0. The molecule has 0 aromatic heterocycles. The van der Waals surface area contributed by atoms with Gasteiger partial charge in [0, 0.05) is 18.5 Å². The van der Waals surface area contributed by atoms with Gasteiger partial charge < -0.3 is 9.64 Å². The van der Waals surface area contributed by atoms with Crippen LogP contribution < -0.4 is 4.74 Å². The molecular weight excluding hydrogens is 250 g/mol. The van der Waals surface area contributed by atoms with E-state index in [1.807, 2.05) is 32.0 Å². The molecule has 2 rings (SSSR count). The van der Waals surface area contributed by atoms with Gasteiger partial charge in [0.1, 0.15) is 5.75 Å². The molecule has 1 aliphatic rings. The van der Waals surface area contributed by atoms with Crippen molar-refractivity contribution >= 4 is 5.78 Å². The molecule has 0 spiro atoms. The molecule has 3 heteroatoms. The molecule has 20 heavy (non-hydrogen) atoms. The molecular formula is C17H25NO2. The van der Waals surface area contributed by atoms with Gasteiger partial charge in [-0.2, -0.15) is 0 Å². The molecule has 0 aliphatic carbocycles. The van der Waals surface area contributed by atoms with Gasteiger partial charge >= 0.3 is 0 Å². The molecule has 1 heterocycles. The van der Waals surface area contributed by atoms with Gasteiger partial charge in [0.25, 0.3) is 0 Å². The number of hydrogen-bond donors (Lipinski definition) is 0. The van der Waals surface area contributed by atoms with Gasteiger partial charge in [-0.3, -0.25) is 4.79 Å². The molecule has 0 bridgehead atoms. The second-order valence-corrected chi connectivity index (χ2v) is 5.49. The Morgan fingerprint density at radius 3 is 2.65 bits per heavy atom. The van der Waals surface area contributed by atoms with Crippen LogP contribution in [0.4, 0.5) is 0 Å². The predicted molar refractivity (Wildman–Crippen MR) is 81.6 cm³/mol. The van der Waals surface area contributed by atoms with E-state index in [4.69, 9.17) is 4.74 Å². The Hall–Kier alpha value is -1.35. The summed E-state index contributed by atoms with van der Waals surface area (Å²) in [6.07, 6.45) is 4.50. The topological polar surface area (TPSA) is 29.5 Å². The van der Waals surface area contributed by atoms with Crippen LogP contribution >= 0.6 is 0 Å². The van der Waals surface area contributed by atoms with Crippen molar-refractivity contribution in [3.05, 3.63) is 29.3 Å². The number of ether oxygens (including phenoxy) is 1. The molecule has 1 aromatic carbocycles. The zero-order valence-corrected chi connectivity index (χ0v) is 12.7. The zero-order chi connectivity index (χ0) is 14.4. The molecule has 1 fully saturated rings. The van der Waals surface area contributed by atoms with Crippen molar-refractivity contribution in [1.29, 1.82) is 0 Å². The molecule has 0 amide bonds. The predicted octanol–water partition coefficient (Wildman–Crippen LogP) is 3.45. The highest BCUT2D eigenvalue weighted by atomic mass is 16.5. The summed E-state index contributed by atoms with van der Waals surface area (Å²) >= 11 is 0. The first-order chi connectivity index (χ1) is 9.70. The average molecular weight is 275 g/mol. The zero-order valence-electron chi connectivity index (χ0n) is 12.7. The molecule has 0 N–H and O–H groups in total. The first kappa shape index (κ1) is 15.0. The van der Waals surface area contributed by atoms with E-state index in [2.05, 4.69) is 4.90 Å². The van der Waals surface area contributed by atoms with Crippen molar-refractivity contribution in [2.45, 2.75) is 39.5 Å². The normalized spacial score (nSPS) is 16.1. The summed E-state index contributed by atoms with van der Waals surface area (Å²) in [5, 5.41) is 0. The SMILES string of the molecule is CCOc1ccc(C(=O)CCN2CCCCC2)cc1C. The first-order valence-corrected chi connectivity index (χ1v) is 7.69. The molecule has 0 saturated carbocycles. The van der Waals surface area contributed by atoms with Crippen LogP contribution in [0, 0.1) is 6.92 Å². The maximum atomic E-state index is 12.2. The van der Waals surface area contributed by atoms with E-state index in [0.717, 1.165) is 36.5 Å². The highest BCUT2D eigenvalue weighted by molar-refractivity contribution is 5.96. The van der Waals surface area contributed by atoms with E-state index >= 15 is 0 Å². The number of Topliss-reactive ketones (excluding diaryl/α,β-unsaturated/α-hetero) is 1. The monoisotopic (exact) mass is 275 g/mol. The van der Waals surface area contributed by atoms with Crippen LogP contribution in [0.5, 0.6) is 5.75 Å². The number of carbonyl (C=O) groups excluding carboxylic acids is 1. The standard InChI is InChI=1S/C17H25NO2/c1-3-20-17-8-7-15(13-14(17)2)16(19)9-12-18-10-5-4-6-11-18/h7-8,13H,3-6,9-12H2,1-2H3. The minimum absolute atomic E-state index is 0.238. The van der Waals surface area contributed by atoms with Crippen molar-refractivity contribution in [3.63, 3.8) is 0 Å². The van der Waals surface area contributed by atoms with Crippen LogP contribution in [0.15, 0.2) is 18.2 Å². The minimum Gasteiger partial charge on any atom is -0.494 e. The molecule has 0 unspecified atom stereocenters. The average Bonchev–Trinajstić information content (AvgIpc) is 2.48. The maximum Gasteiger partial charge on any atom is 0.164 e. The Labute approximate surface area is 121 Å². The van der Waals surface area contributed by atoms with Crippen molar-refractivity contribution in [2.75, 3.05) is 26.2 Å². The Balaban J connectivity index is 1.89. The van der Waals surface area contributed by atoms with Crippen molar-refractivity contribution < 1.29 is 9.53 Å². The second-order valence-electron chi connectivity index (χ2n) is 5.49. The Morgan fingerprint density at radius 1 is 1.25 bits per heavy atom. The van der Waals surface area contributed by atoms with Crippen LogP contribution in [0.1, 0.15) is 48.5 Å². The van der Waals surface area contributed by atoms with Crippen molar-refractivity contribution in [2.24, 2.45) is 0 Å². The number of piperidine rings is 1. The molecule has 1 aromatic rings. The molecule has 1 aliphatic heterocycles. The molecule has 1 saturated heterocycles. The van der Waals surface area contributed by atoms with Crippen molar-refractivity contribution in [1.82, 2.24) is 4.90 Å². The van der Waals surface area contributed by atoms with Crippen LogP contribution in [-0.2, 0) is 0 Å². The fraction of sp³-hybridized carbons (Fsp3) is 0.588. The highest BCUT2D eigenvalue weighted by Crippen LogP contribution is 2.20. The molecule has 3 nitrogen and oxygen atoms in total. The summed E-state index contributed by atoms with van der Waals surface area (Å²) in [5.41, 5.74) is 1.85. The van der Waals surface area contributed by atoms with Crippen LogP contribution in [0.2, 0.25) is 0 Å². The number of nitrogens with zero attached hydrogens (tertiary/aromatic N) is 1. The number of benzene rings is 1. The summed E-state index contributed by atoms with van der Waals surface area (Å²) in [6.45, 7) is 7.81. The van der Waals surface area contributed by atoms with Gasteiger partial charge in [-0.25, -0.2) is 0 Å². The van der Waals surface area contributed by atoms with Gasteiger partial charge in [-0.1, -0.05) is 6.42 Å². The van der Waals surface area contributed by atoms with Crippen LogP contribution in [0.25, 0.3) is 0 Å². The summed E-state index contributed by atoms with van der Waals surface area (Å²) in [6, 6.07) is 5.74. The van der Waals surface area contributed by atoms with E-state index in [0.29, 0.717) is 13.0 Å². The van der Waals surface area contributed by atoms with Crippen LogP contribution in [0.3, 0.4) is 0 Å². The van der Waals surface area contributed by atoms with E-state index in [-0.39, 0.29) is 5.78 Å². The van der Waals surface area contributed by atoms with E-state index in [1.54, 1.807) is 0 Å². The third-order valence-corrected chi connectivity index (χ3v) is 3.90. The fourth-order valence-electron chi connectivity index (χ4n) is 2.73.